The van der Waals surface area contributed by atoms with Gasteiger partial charge in [-0.3, -0.25) is 9.69 Å². The Hall–Kier alpha value is -0.710. The first-order valence-corrected chi connectivity index (χ1v) is 9.72. The third-order valence-corrected chi connectivity index (χ3v) is 6.64. The molecule has 3 rings (SSSR count). The van der Waals surface area contributed by atoms with Crippen LogP contribution in [0, 0.1) is 16.7 Å². The standard InChI is InChI=1S/C20H34F2N2O/c1-17(2,3)14-10-19(11-15(19)24(14)18(4,5)6)12-23-16(25)13-8-7-9-20(13,21)22/h13-15H,7-12H2,1-6H3,(H,23,25)/t13?,14-,15?,19-/m0/s1. The fraction of sp³-hybridized carbons (Fsp3) is 0.950. The van der Waals surface area contributed by atoms with Crippen molar-refractivity contribution >= 4 is 5.91 Å². The highest BCUT2D eigenvalue weighted by molar-refractivity contribution is 5.80. The maximum atomic E-state index is 13.8. The van der Waals surface area contributed by atoms with E-state index in [1.807, 2.05) is 0 Å². The SMILES string of the molecule is CC(C)(C)[C@@H]1C[C@@]2(CNC(=O)C3CCCC3(F)F)CC2N1C(C)(C)C. The first-order valence-electron chi connectivity index (χ1n) is 9.72. The smallest absolute Gasteiger partial charge is 0.259 e. The minimum absolute atomic E-state index is 0.0728. The molecule has 0 aromatic rings. The van der Waals surface area contributed by atoms with Crippen molar-refractivity contribution in [2.24, 2.45) is 16.7 Å². The van der Waals surface area contributed by atoms with Crippen LogP contribution < -0.4 is 5.32 Å². The number of hydrogen-bond donors (Lipinski definition) is 1. The summed E-state index contributed by atoms with van der Waals surface area (Å²) in [6.45, 7) is 14.1. The molecular formula is C20H34F2N2O. The van der Waals surface area contributed by atoms with Gasteiger partial charge < -0.3 is 5.32 Å². The van der Waals surface area contributed by atoms with Crippen molar-refractivity contribution in [1.29, 1.82) is 0 Å². The number of hydrogen-bond acceptors (Lipinski definition) is 2. The molecule has 144 valence electrons. The Morgan fingerprint density at radius 2 is 1.80 bits per heavy atom. The topological polar surface area (TPSA) is 32.3 Å². The van der Waals surface area contributed by atoms with Gasteiger partial charge in [0.1, 0.15) is 5.92 Å². The predicted octanol–water partition coefficient (Wildman–Crippen LogP) is 4.22. The largest absolute Gasteiger partial charge is 0.355 e. The van der Waals surface area contributed by atoms with Gasteiger partial charge >= 0.3 is 0 Å². The lowest BCUT2D eigenvalue weighted by Crippen LogP contribution is -2.51. The summed E-state index contributed by atoms with van der Waals surface area (Å²) in [4.78, 5) is 14.9. The molecular weight excluding hydrogens is 322 g/mol. The highest BCUT2D eigenvalue weighted by Gasteiger charge is 2.67. The second kappa shape index (κ2) is 5.64. The molecule has 5 heteroatoms. The molecule has 2 aliphatic carbocycles. The summed E-state index contributed by atoms with van der Waals surface area (Å²) in [5.41, 5.74) is 0.314. The number of nitrogens with one attached hydrogen (secondary N) is 1. The van der Waals surface area contributed by atoms with Crippen LogP contribution in [0.3, 0.4) is 0 Å². The van der Waals surface area contributed by atoms with Crippen LogP contribution in [0.15, 0.2) is 0 Å². The zero-order chi connectivity index (χ0) is 18.8. The van der Waals surface area contributed by atoms with Crippen molar-refractivity contribution in [2.75, 3.05) is 6.54 Å². The van der Waals surface area contributed by atoms with Gasteiger partial charge in [-0.1, -0.05) is 20.8 Å². The van der Waals surface area contributed by atoms with Crippen LogP contribution in [0.5, 0.6) is 0 Å². The van der Waals surface area contributed by atoms with Gasteiger partial charge in [-0.15, -0.1) is 0 Å². The number of nitrogens with zero attached hydrogens (tertiary/aromatic N) is 1. The molecule has 1 amide bonds. The highest BCUT2D eigenvalue weighted by Crippen LogP contribution is 2.63. The monoisotopic (exact) mass is 356 g/mol. The first kappa shape index (κ1) is 19.1. The predicted molar refractivity (Wildman–Crippen MR) is 95.6 cm³/mol. The van der Waals surface area contributed by atoms with Crippen LogP contribution in [0.1, 0.15) is 73.6 Å². The quantitative estimate of drug-likeness (QED) is 0.821. The number of amides is 1. The Labute approximate surface area is 150 Å². The Bertz CT molecular complexity index is 549. The van der Waals surface area contributed by atoms with E-state index < -0.39 is 17.7 Å². The van der Waals surface area contributed by atoms with E-state index in [4.69, 9.17) is 0 Å². The minimum atomic E-state index is -2.83. The number of alkyl halides is 2. The number of carbonyl (C=O) groups is 1. The van der Waals surface area contributed by atoms with Crippen molar-refractivity contribution in [3.63, 3.8) is 0 Å². The van der Waals surface area contributed by atoms with Gasteiger partial charge in [0.15, 0.2) is 0 Å². The summed E-state index contributed by atoms with van der Waals surface area (Å²) >= 11 is 0. The van der Waals surface area contributed by atoms with Gasteiger partial charge in [-0.05, 0) is 51.9 Å². The lowest BCUT2D eigenvalue weighted by atomic mass is 9.80. The van der Waals surface area contributed by atoms with E-state index in [2.05, 4.69) is 51.8 Å². The van der Waals surface area contributed by atoms with Crippen LogP contribution in [0.4, 0.5) is 8.78 Å². The summed E-state index contributed by atoms with van der Waals surface area (Å²) in [6.07, 6.45) is 2.72. The van der Waals surface area contributed by atoms with Crippen molar-refractivity contribution in [3.8, 4) is 0 Å². The zero-order valence-electron chi connectivity index (χ0n) is 16.6. The molecule has 3 fully saturated rings. The molecule has 0 radical (unpaired) electrons. The van der Waals surface area contributed by atoms with Crippen LogP contribution in [-0.4, -0.2) is 40.9 Å². The Balaban J connectivity index is 1.67. The van der Waals surface area contributed by atoms with E-state index in [9.17, 15) is 13.6 Å². The van der Waals surface area contributed by atoms with Gasteiger partial charge in [0.25, 0.3) is 5.92 Å². The number of likely N-dealkylation sites (tertiary alicyclic amines) is 1. The van der Waals surface area contributed by atoms with Crippen molar-refractivity contribution in [3.05, 3.63) is 0 Å². The van der Waals surface area contributed by atoms with Crippen molar-refractivity contribution in [2.45, 2.75) is 97.2 Å². The fourth-order valence-corrected chi connectivity index (χ4v) is 5.20. The summed E-state index contributed by atoms with van der Waals surface area (Å²) in [5, 5.41) is 2.90. The third kappa shape index (κ3) is 3.33. The second-order valence-corrected chi connectivity index (χ2v) is 10.7. The maximum Gasteiger partial charge on any atom is 0.259 e. The summed E-state index contributed by atoms with van der Waals surface area (Å²) in [5.74, 6) is -4.39. The molecule has 0 aromatic heterocycles. The highest BCUT2D eigenvalue weighted by atomic mass is 19.3. The maximum absolute atomic E-state index is 13.8. The first-order chi connectivity index (χ1) is 11.3. The summed E-state index contributed by atoms with van der Waals surface area (Å²) < 4.78 is 27.7. The minimum Gasteiger partial charge on any atom is -0.355 e. The Kier molecular flexibility index (Phi) is 4.30. The lowest BCUT2D eigenvalue weighted by Gasteiger charge is -2.45. The van der Waals surface area contributed by atoms with Gasteiger partial charge in [0.2, 0.25) is 5.91 Å². The molecule has 0 aromatic carbocycles. The van der Waals surface area contributed by atoms with E-state index in [0.29, 0.717) is 31.5 Å². The molecule has 1 aliphatic heterocycles. The second-order valence-electron chi connectivity index (χ2n) is 10.7. The van der Waals surface area contributed by atoms with E-state index >= 15 is 0 Å². The molecule has 2 saturated carbocycles. The molecule has 0 spiro atoms. The Morgan fingerprint density at radius 3 is 2.24 bits per heavy atom. The number of rotatable bonds is 3. The average Bonchev–Trinajstić information content (AvgIpc) is 2.82. The molecule has 1 saturated heterocycles. The van der Waals surface area contributed by atoms with Gasteiger partial charge in [0.05, 0.1) is 0 Å². The summed E-state index contributed by atoms with van der Waals surface area (Å²) in [7, 11) is 0. The van der Waals surface area contributed by atoms with Crippen LogP contribution in [-0.2, 0) is 4.79 Å². The number of fused-ring (bicyclic) bond motifs is 1. The molecule has 2 unspecified atom stereocenters. The molecule has 0 bridgehead atoms. The van der Waals surface area contributed by atoms with Gasteiger partial charge in [-0.2, -0.15) is 0 Å². The van der Waals surface area contributed by atoms with E-state index in [-0.39, 0.29) is 22.8 Å². The third-order valence-electron chi connectivity index (χ3n) is 6.64. The van der Waals surface area contributed by atoms with Crippen molar-refractivity contribution in [1.82, 2.24) is 10.2 Å². The number of halogens is 2. The molecule has 1 N–H and O–H groups in total. The van der Waals surface area contributed by atoms with Gasteiger partial charge in [0, 0.05) is 36.0 Å². The zero-order valence-corrected chi connectivity index (χ0v) is 16.6. The number of piperidine rings is 1. The average molecular weight is 357 g/mol. The lowest BCUT2D eigenvalue weighted by molar-refractivity contribution is -0.136. The van der Waals surface area contributed by atoms with Crippen LogP contribution >= 0.6 is 0 Å². The molecule has 25 heavy (non-hydrogen) atoms. The van der Waals surface area contributed by atoms with Crippen molar-refractivity contribution < 1.29 is 13.6 Å². The van der Waals surface area contributed by atoms with Crippen LogP contribution in [0.2, 0.25) is 0 Å². The molecule has 4 atom stereocenters. The van der Waals surface area contributed by atoms with E-state index in [1.54, 1.807) is 0 Å². The molecule has 1 heterocycles. The number of carbonyl (C=O) groups excluding carboxylic acids is 1. The normalized spacial score (nSPS) is 37.8. The summed E-state index contributed by atoms with van der Waals surface area (Å²) in [6, 6.07) is 0.914. The fourth-order valence-electron chi connectivity index (χ4n) is 5.20. The van der Waals surface area contributed by atoms with E-state index in [0.717, 1.165) is 12.8 Å². The van der Waals surface area contributed by atoms with E-state index in [1.165, 1.54) is 0 Å². The molecule has 3 aliphatic rings. The Morgan fingerprint density at radius 1 is 1.16 bits per heavy atom. The van der Waals surface area contributed by atoms with Crippen LogP contribution in [0.25, 0.3) is 0 Å². The van der Waals surface area contributed by atoms with Gasteiger partial charge in [-0.25, -0.2) is 8.78 Å². The molecule has 3 nitrogen and oxygen atoms in total.